The molecule has 4 rings (SSSR count). The van der Waals surface area contributed by atoms with Gasteiger partial charge in [0.15, 0.2) is 11.5 Å². The van der Waals surface area contributed by atoms with Gasteiger partial charge in [-0.05, 0) is 42.0 Å². The Morgan fingerprint density at radius 2 is 1.69 bits per heavy atom. The molecule has 1 aliphatic heterocycles. The fourth-order valence-corrected chi connectivity index (χ4v) is 2.76. The molecule has 0 saturated carbocycles. The van der Waals surface area contributed by atoms with E-state index >= 15 is 0 Å². The van der Waals surface area contributed by atoms with Crippen LogP contribution < -0.4 is 20.1 Å². The number of hydrogen-bond acceptors (Lipinski definition) is 5. The van der Waals surface area contributed by atoms with Crippen molar-refractivity contribution in [2.75, 3.05) is 12.1 Å². The third-order valence-electron chi connectivity index (χ3n) is 4.23. The quantitative estimate of drug-likeness (QED) is 0.695. The third kappa shape index (κ3) is 4.16. The summed E-state index contributed by atoms with van der Waals surface area (Å²) in [7, 11) is 0. The van der Waals surface area contributed by atoms with Crippen LogP contribution in [0.15, 0.2) is 60.7 Å². The summed E-state index contributed by atoms with van der Waals surface area (Å²) in [6.07, 6.45) is 0. The molecule has 0 aliphatic carbocycles. The molecular weight excluding hydrogens is 377 g/mol. The van der Waals surface area contributed by atoms with Crippen molar-refractivity contribution in [2.45, 2.75) is 6.54 Å². The molecule has 146 valence electrons. The topological polar surface area (TPSA) is 89.5 Å². The molecule has 0 spiro atoms. The van der Waals surface area contributed by atoms with Crippen LogP contribution in [0.5, 0.6) is 11.5 Å². The molecular formula is C21H16FN3O4. The molecule has 2 heterocycles. The van der Waals surface area contributed by atoms with E-state index in [0.29, 0.717) is 11.5 Å². The van der Waals surface area contributed by atoms with Gasteiger partial charge in [0.2, 0.25) is 6.79 Å². The first-order valence-corrected chi connectivity index (χ1v) is 8.80. The summed E-state index contributed by atoms with van der Waals surface area (Å²) in [5.41, 5.74) is 0.948. The molecule has 7 nitrogen and oxygen atoms in total. The maximum atomic E-state index is 13.7. The predicted octanol–water partition coefficient (Wildman–Crippen LogP) is 3.13. The van der Waals surface area contributed by atoms with Gasteiger partial charge in [-0.2, -0.15) is 0 Å². The van der Waals surface area contributed by atoms with Crippen molar-refractivity contribution < 1.29 is 23.5 Å². The number of fused-ring (bicyclic) bond motifs is 1. The fraction of sp³-hybridized carbons (Fsp3) is 0.0952. The van der Waals surface area contributed by atoms with Gasteiger partial charge in [-0.25, -0.2) is 9.37 Å². The number of amides is 2. The summed E-state index contributed by atoms with van der Waals surface area (Å²) in [6, 6.07) is 15.7. The van der Waals surface area contributed by atoms with Crippen LogP contribution in [-0.4, -0.2) is 23.6 Å². The van der Waals surface area contributed by atoms with Gasteiger partial charge in [-0.3, -0.25) is 9.59 Å². The number of para-hydroxylation sites is 1. The monoisotopic (exact) mass is 393 g/mol. The predicted molar refractivity (Wildman–Crippen MR) is 102 cm³/mol. The van der Waals surface area contributed by atoms with Crippen molar-refractivity contribution >= 4 is 17.5 Å². The lowest BCUT2D eigenvalue weighted by atomic mass is 10.2. The molecule has 2 amide bonds. The molecule has 0 saturated heterocycles. The lowest BCUT2D eigenvalue weighted by molar-refractivity contribution is 0.0945. The number of pyridine rings is 1. The molecule has 2 aromatic carbocycles. The summed E-state index contributed by atoms with van der Waals surface area (Å²) in [5.74, 6) is -0.320. The summed E-state index contributed by atoms with van der Waals surface area (Å²) in [5, 5.41) is 5.18. The van der Waals surface area contributed by atoms with Crippen LogP contribution in [0.1, 0.15) is 26.5 Å². The highest BCUT2D eigenvalue weighted by atomic mass is 19.1. The number of carbonyl (C=O) groups is 2. The Bertz CT molecular complexity index is 1090. The molecule has 2 N–H and O–H groups in total. The zero-order valence-corrected chi connectivity index (χ0v) is 15.1. The van der Waals surface area contributed by atoms with Crippen LogP contribution in [0.4, 0.5) is 10.1 Å². The van der Waals surface area contributed by atoms with Crippen molar-refractivity contribution in [3.05, 3.63) is 83.4 Å². The SMILES string of the molecule is O=C(NCc1ccc2c(c1)OCO2)c1cccc(C(=O)Nc2ccccc2F)n1. The molecule has 0 bridgehead atoms. The number of anilines is 1. The summed E-state index contributed by atoms with van der Waals surface area (Å²) >= 11 is 0. The zero-order chi connectivity index (χ0) is 20.2. The average molecular weight is 393 g/mol. The van der Waals surface area contributed by atoms with Gasteiger partial charge >= 0.3 is 0 Å². The number of benzene rings is 2. The lowest BCUT2D eigenvalue weighted by Crippen LogP contribution is -2.25. The number of rotatable bonds is 5. The van der Waals surface area contributed by atoms with Gasteiger partial charge in [-0.15, -0.1) is 0 Å². The first kappa shape index (κ1) is 18.4. The van der Waals surface area contributed by atoms with E-state index in [9.17, 15) is 14.0 Å². The first-order valence-electron chi connectivity index (χ1n) is 8.80. The van der Waals surface area contributed by atoms with Crippen molar-refractivity contribution in [3.63, 3.8) is 0 Å². The summed E-state index contributed by atoms with van der Waals surface area (Å²) in [6.45, 7) is 0.430. The van der Waals surface area contributed by atoms with Crippen LogP contribution in [0.25, 0.3) is 0 Å². The van der Waals surface area contributed by atoms with Gasteiger partial charge in [0.05, 0.1) is 5.69 Å². The summed E-state index contributed by atoms with van der Waals surface area (Å²) in [4.78, 5) is 28.8. The van der Waals surface area contributed by atoms with Crippen molar-refractivity contribution in [3.8, 4) is 11.5 Å². The van der Waals surface area contributed by atoms with Crippen LogP contribution in [-0.2, 0) is 6.54 Å². The maximum absolute atomic E-state index is 13.7. The molecule has 0 radical (unpaired) electrons. The fourth-order valence-electron chi connectivity index (χ4n) is 2.76. The maximum Gasteiger partial charge on any atom is 0.274 e. The number of hydrogen-bond donors (Lipinski definition) is 2. The number of ether oxygens (including phenoxy) is 2. The number of carbonyl (C=O) groups excluding carboxylic acids is 2. The van der Waals surface area contributed by atoms with Crippen LogP contribution in [0, 0.1) is 5.82 Å². The van der Waals surface area contributed by atoms with Crippen LogP contribution in [0.3, 0.4) is 0 Å². The van der Waals surface area contributed by atoms with Gasteiger partial charge in [0.1, 0.15) is 17.2 Å². The van der Waals surface area contributed by atoms with E-state index in [-0.39, 0.29) is 30.4 Å². The molecule has 0 atom stereocenters. The number of halogens is 1. The number of aromatic nitrogens is 1. The smallest absolute Gasteiger partial charge is 0.274 e. The molecule has 8 heteroatoms. The lowest BCUT2D eigenvalue weighted by Gasteiger charge is -2.08. The highest BCUT2D eigenvalue weighted by Crippen LogP contribution is 2.32. The molecule has 0 unspecified atom stereocenters. The average Bonchev–Trinajstić information content (AvgIpc) is 3.21. The van der Waals surface area contributed by atoms with E-state index in [1.807, 2.05) is 6.07 Å². The molecule has 1 aromatic heterocycles. The Morgan fingerprint density at radius 3 is 2.52 bits per heavy atom. The van der Waals surface area contributed by atoms with E-state index in [4.69, 9.17) is 9.47 Å². The van der Waals surface area contributed by atoms with Crippen molar-refractivity contribution in [1.82, 2.24) is 10.3 Å². The largest absolute Gasteiger partial charge is 0.454 e. The van der Waals surface area contributed by atoms with Gasteiger partial charge in [0.25, 0.3) is 11.8 Å². The van der Waals surface area contributed by atoms with Crippen LogP contribution in [0.2, 0.25) is 0 Å². The number of nitrogens with one attached hydrogen (secondary N) is 2. The Kier molecular flexibility index (Phi) is 5.07. The molecule has 1 aliphatic rings. The Balaban J connectivity index is 1.42. The zero-order valence-electron chi connectivity index (χ0n) is 15.1. The van der Waals surface area contributed by atoms with E-state index in [1.54, 1.807) is 24.3 Å². The van der Waals surface area contributed by atoms with Gasteiger partial charge in [-0.1, -0.05) is 24.3 Å². The highest BCUT2D eigenvalue weighted by Gasteiger charge is 2.16. The molecule has 3 aromatic rings. The molecule has 29 heavy (non-hydrogen) atoms. The van der Waals surface area contributed by atoms with E-state index in [0.717, 1.165) is 5.56 Å². The van der Waals surface area contributed by atoms with E-state index in [2.05, 4.69) is 15.6 Å². The van der Waals surface area contributed by atoms with Gasteiger partial charge < -0.3 is 20.1 Å². The van der Waals surface area contributed by atoms with Gasteiger partial charge in [0, 0.05) is 6.54 Å². The van der Waals surface area contributed by atoms with Crippen molar-refractivity contribution in [2.24, 2.45) is 0 Å². The minimum absolute atomic E-state index is 0.00369. The summed E-state index contributed by atoms with van der Waals surface area (Å²) < 4.78 is 24.3. The minimum Gasteiger partial charge on any atom is -0.454 e. The van der Waals surface area contributed by atoms with E-state index in [1.165, 1.54) is 30.3 Å². The second-order valence-corrected chi connectivity index (χ2v) is 6.21. The Labute approximate surface area is 165 Å². The third-order valence-corrected chi connectivity index (χ3v) is 4.23. The standard InChI is InChI=1S/C21H16FN3O4/c22-14-4-1-2-5-15(14)25-21(27)17-7-3-6-16(24-17)20(26)23-11-13-8-9-18-19(10-13)29-12-28-18/h1-10H,11-12H2,(H,23,26)(H,25,27). The Hall–Kier alpha value is -3.94. The Morgan fingerprint density at radius 1 is 0.931 bits per heavy atom. The van der Waals surface area contributed by atoms with Crippen LogP contribution >= 0.6 is 0 Å². The highest BCUT2D eigenvalue weighted by molar-refractivity contribution is 6.03. The van der Waals surface area contributed by atoms with E-state index < -0.39 is 17.6 Å². The second kappa shape index (κ2) is 7.97. The number of nitrogens with zero attached hydrogens (tertiary/aromatic N) is 1. The normalized spacial score (nSPS) is 11.8. The van der Waals surface area contributed by atoms with Crippen molar-refractivity contribution in [1.29, 1.82) is 0 Å². The minimum atomic E-state index is -0.611. The molecule has 0 fully saturated rings. The second-order valence-electron chi connectivity index (χ2n) is 6.21. The first-order chi connectivity index (χ1) is 14.1.